The van der Waals surface area contributed by atoms with E-state index >= 15 is 0 Å². The van der Waals surface area contributed by atoms with Crippen LogP contribution in [-0.4, -0.2) is 44.9 Å². The molecule has 2 aliphatic rings. The SMILES string of the molecule is CCOc1ccc(S(=O)(=O)N2CCC(C(=O)N3CCCc4cccc(C)c43)CC2)cc1. The molecule has 7 heteroatoms. The Morgan fingerprint density at radius 3 is 2.45 bits per heavy atom. The molecule has 1 amide bonds. The molecule has 1 saturated heterocycles. The van der Waals surface area contributed by atoms with E-state index in [0.29, 0.717) is 38.3 Å². The Kier molecular flexibility index (Phi) is 6.34. The summed E-state index contributed by atoms with van der Waals surface area (Å²) in [6.45, 7) is 5.94. The van der Waals surface area contributed by atoms with Crippen LogP contribution < -0.4 is 9.64 Å². The van der Waals surface area contributed by atoms with E-state index in [4.69, 9.17) is 4.74 Å². The summed E-state index contributed by atoms with van der Waals surface area (Å²) in [6.07, 6.45) is 3.06. The van der Waals surface area contributed by atoms with Crippen LogP contribution in [0.4, 0.5) is 5.69 Å². The molecule has 0 aliphatic carbocycles. The molecular weight excluding hydrogens is 412 g/mol. The molecule has 0 bridgehead atoms. The molecule has 0 N–H and O–H groups in total. The quantitative estimate of drug-likeness (QED) is 0.707. The van der Waals surface area contributed by atoms with Crippen molar-refractivity contribution in [2.45, 2.75) is 44.4 Å². The first kappa shape index (κ1) is 21.8. The molecule has 2 aromatic carbocycles. The highest BCUT2D eigenvalue weighted by atomic mass is 32.2. The largest absolute Gasteiger partial charge is 0.494 e. The highest BCUT2D eigenvalue weighted by Gasteiger charge is 2.35. The summed E-state index contributed by atoms with van der Waals surface area (Å²) < 4.78 is 33.0. The highest BCUT2D eigenvalue weighted by molar-refractivity contribution is 7.89. The fraction of sp³-hybridized carbons (Fsp3) is 0.458. The van der Waals surface area contributed by atoms with E-state index in [1.165, 1.54) is 9.87 Å². The number of carbonyl (C=O) groups is 1. The number of sulfonamides is 1. The third kappa shape index (κ3) is 4.34. The number of para-hydroxylation sites is 1. The maximum Gasteiger partial charge on any atom is 0.243 e. The number of hydrogen-bond donors (Lipinski definition) is 0. The van der Waals surface area contributed by atoms with E-state index in [1.807, 2.05) is 17.9 Å². The van der Waals surface area contributed by atoms with Crippen LogP contribution in [0.3, 0.4) is 0 Å². The summed E-state index contributed by atoms with van der Waals surface area (Å²) in [4.78, 5) is 15.5. The van der Waals surface area contributed by atoms with Gasteiger partial charge in [0, 0.05) is 31.2 Å². The third-order valence-electron chi connectivity index (χ3n) is 6.26. The molecule has 2 aromatic rings. The molecule has 0 unspecified atom stereocenters. The van der Waals surface area contributed by atoms with Gasteiger partial charge in [-0.25, -0.2) is 8.42 Å². The number of nitrogens with zero attached hydrogens (tertiary/aromatic N) is 2. The molecule has 0 saturated carbocycles. The Morgan fingerprint density at radius 2 is 1.77 bits per heavy atom. The molecule has 0 aromatic heterocycles. The molecule has 2 heterocycles. The highest BCUT2D eigenvalue weighted by Crippen LogP contribution is 2.34. The molecule has 4 rings (SSSR count). The zero-order chi connectivity index (χ0) is 22.0. The molecule has 0 radical (unpaired) electrons. The van der Waals surface area contributed by atoms with Crippen LogP contribution >= 0.6 is 0 Å². The first-order chi connectivity index (χ1) is 14.9. The van der Waals surface area contributed by atoms with Crippen molar-refractivity contribution in [3.8, 4) is 5.75 Å². The lowest BCUT2D eigenvalue weighted by atomic mass is 9.93. The van der Waals surface area contributed by atoms with Crippen LogP contribution in [0.15, 0.2) is 47.4 Å². The molecule has 166 valence electrons. The number of ether oxygens (including phenoxy) is 1. The zero-order valence-corrected chi connectivity index (χ0v) is 19.0. The Balaban J connectivity index is 1.44. The van der Waals surface area contributed by atoms with Crippen LogP contribution in [-0.2, 0) is 21.2 Å². The van der Waals surface area contributed by atoms with Gasteiger partial charge in [-0.1, -0.05) is 18.2 Å². The normalized spacial score (nSPS) is 17.9. The van der Waals surface area contributed by atoms with Gasteiger partial charge in [0.2, 0.25) is 15.9 Å². The average molecular weight is 443 g/mol. The summed E-state index contributed by atoms with van der Waals surface area (Å²) in [5.74, 6) is 0.647. The number of carbonyl (C=O) groups excluding carboxylic acids is 1. The number of piperidine rings is 1. The number of fused-ring (bicyclic) bond motifs is 1. The first-order valence-corrected chi connectivity index (χ1v) is 12.5. The van der Waals surface area contributed by atoms with E-state index in [9.17, 15) is 13.2 Å². The van der Waals surface area contributed by atoms with E-state index in [0.717, 1.165) is 30.6 Å². The Morgan fingerprint density at radius 1 is 1.06 bits per heavy atom. The molecular formula is C24H30N2O4S. The summed E-state index contributed by atoms with van der Waals surface area (Å²) in [5.41, 5.74) is 3.42. The molecule has 31 heavy (non-hydrogen) atoms. The van der Waals surface area contributed by atoms with Crippen molar-refractivity contribution in [1.29, 1.82) is 0 Å². The van der Waals surface area contributed by atoms with Crippen molar-refractivity contribution >= 4 is 21.6 Å². The lowest BCUT2D eigenvalue weighted by Gasteiger charge is -2.36. The van der Waals surface area contributed by atoms with Gasteiger partial charge in [-0.15, -0.1) is 0 Å². The minimum Gasteiger partial charge on any atom is -0.494 e. The van der Waals surface area contributed by atoms with Crippen molar-refractivity contribution in [3.63, 3.8) is 0 Å². The van der Waals surface area contributed by atoms with Crippen LogP contribution in [0.5, 0.6) is 5.75 Å². The summed E-state index contributed by atoms with van der Waals surface area (Å²) >= 11 is 0. The van der Waals surface area contributed by atoms with Crippen LogP contribution in [0.2, 0.25) is 0 Å². The van der Waals surface area contributed by atoms with Gasteiger partial charge >= 0.3 is 0 Å². The molecule has 0 spiro atoms. The number of hydrogen-bond acceptors (Lipinski definition) is 4. The Labute approximate surface area is 184 Å². The standard InChI is InChI=1S/C24H30N2O4S/c1-3-30-21-9-11-22(12-10-21)31(28,29)25-16-13-20(14-17-25)24(27)26-15-5-8-19-7-4-6-18(2)23(19)26/h4,6-7,9-12,20H,3,5,8,13-17H2,1-2H3. The lowest BCUT2D eigenvalue weighted by Crippen LogP contribution is -2.46. The Hall–Kier alpha value is -2.38. The first-order valence-electron chi connectivity index (χ1n) is 11.0. The van der Waals surface area contributed by atoms with Crippen LogP contribution in [0.1, 0.15) is 37.3 Å². The smallest absolute Gasteiger partial charge is 0.243 e. The van der Waals surface area contributed by atoms with Crippen LogP contribution in [0.25, 0.3) is 0 Å². The molecule has 6 nitrogen and oxygen atoms in total. The third-order valence-corrected chi connectivity index (χ3v) is 8.17. The zero-order valence-electron chi connectivity index (χ0n) is 18.2. The molecule has 1 fully saturated rings. The fourth-order valence-corrected chi connectivity index (χ4v) is 6.12. The van der Waals surface area contributed by atoms with Gasteiger partial charge in [-0.05, 0) is 74.9 Å². The molecule has 0 atom stereocenters. The summed E-state index contributed by atoms with van der Waals surface area (Å²) in [7, 11) is -3.57. The minimum atomic E-state index is -3.57. The van der Waals surface area contributed by atoms with Crippen molar-refractivity contribution in [2.24, 2.45) is 5.92 Å². The predicted molar refractivity (Wildman–Crippen MR) is 121 cm³/mol. The Bertz CT molecular complexity index is 1040. The van der Waals surface area contributed by atoms with Gasteiger partial charge in [0.05, 0.1) is 11.5 Å². The van der Waals surface area contributed by atoms with E-state index in [1.54, 1.807) is 24.3 Å². The maximum atomic E-state index is 13.3. The van der Waals surface area contributed by atoms with Crippen molar-refractivity contribution in [1.82, 2.24) is 4.31 Å². The number of benzene rings is 2. The van der Waals surface area contributed by atoms with Gasteiger partial charge in [0.1, 0.15) is 5.75 Å². The lowest BCUT2D eigenvalue weighted by molar-refractivity contribution is -0.123. The van der Waals surface area contributed by atoms with Gasteiger partial charge in [-0.2, -0.15) is 4.31 Å². The number of amides is 1. The van der Waals surface area contributed by atoms with E-state index in [-0.39, 0.29) is 16.7 Å². The second-order valence-corrected chi connectivity index (χ2v) is 10.2. The fourth-order valence-electron chi connectivity index (χ4n) is 4.65. The molecule has 2 aliphatic heterocycles. The second-order valence-electron chi connectivity index (χ2n) is 8.26. The van der Waals surface area contributed by atoms with Gasteiger partial charge in [-0.3, -0.25) is 4.79 Å². The summed E-state index contributed by atoms with van der Waals surface area (Å²) in [5, 5.41) is 0. The average Bonchev–Trinajstić information content (AvgIpc) is 2.79. The van der Waals surface area contributed by atoms with E-state index in [2.05, 4.69) is 19.1 Å². The van der Waals surface area contributed by atoms with Crippen LogP contribution in [0, 0.1) is 12.8 Å². The van der Waals surface area contributed by atoms with Crippen molar-refractivity contribution in [2.75, 3.05) is 31.1 Å². The van der Waals surface area contributed by atoms with E-state index < -0.39 is 10.0 Å². The minimum absolute atomic E-state index is 0.133. The van der Waals surface area contributed by atoms with Crippen molar-refractivity contribution in [3.05, 3.63) is 53.6 Å². The maximum absolute atomic E-state index is 13.3. The predicted octanol–water partition coefficient (Wildman–Crippen LogP) is 3.77. The van der Waals surface area contributed by atoms with Gasteiger partial charge in [0.25, 0.3) is 0 Å². The summed E-state index contributed by atoms with van der Waals surface area (Å²) in [6, 6.07) is 12.7. The second kappa shape index (κ2) is 9.01. The number of anilines is 1. The number of rotatable bonds is 5. The van der Waals surface area contributed by atoms with Gasteiger partial charge < -0.3 is 9.64 Å². The topological polar surface area (TPSA) is 66.9 Å². The van der Waals surface area contributed by atoms with Crippen molar-refractivity contribution < 1.29 is 17.9 Å². The monoisotopic (exact) mass is 442 g/mol. The van der Waals surface area contributed by atoms with Gasteiger partial charge in [0.15, 0.2) is 0 Å². The number of aryl methyl sites for hydroxylation is 2.